The minimum Gasteiger partial charge on any atom is -0.489 e. The van der Waals surface area contributed by atoms with E-state index in [1.54, 1.807) is 10.4 Å². The molecule has 3 N–H and O–H groups in total. The molecule has 1 heterocycles. The highest BCUT2D eigenvalue weighted by Crippen LogP contribution is 2.25. The quantitative estimate of drug-likeness (QED) is 0.178. The van der Waals surface area contributed by atoms with Crippen molar-refractivity contribution >= 4 is 22.8 Å². The second kappa shape index (κ2) is 13.3. The lowest BCUT2D eigenvalue weighted by atomic mass is 10.1. The SMILES string of the molecule is CC(C)(C)OC(=O)N1CCC(NC/C(=C\CCCCC(=O)NO)COc2cccc3ccccc23)C1. The summed E-state index contributed by atoms with van der Waals surface area (Å²) in [6, 6.07) is 14.4. The number of ether oxygens (including phenoxy) is 2. The Morgan fingerprint density at radius 2 is 1.92 bits per heavy atom. The number of carbonyl (C=O) groups excluding carboxylic acids is 2. The first kappa shape index (κ1) is 27.5. The molecule has 0 aromatic heterocycles. The smallest absolute Gasteiger partial charge is 0.410 e. The second-order valence-electron chi connectivity index (χ2n) is 10.2. The first-order valence-electron chi connectivity index (χ1n) is 12.7. The van der Waals surface area contributed by atoms with Crippen LogP contribution in [0.25, 0.3) is 10.8 Å². The number of nitrogens with zero attached hydrogens (tertiary/aromatic N) is 1. The number of carbonyl (C=O) groups is 2. The highest BCUT2D eigenvalue weighted by atomic mass is 16.6. The van der Waals surface area contributed by atoms with Gasteiger partial charge in [-0.1, -0.05) is 42.5 Å². The van der Waals surface area contributed by atoms with Crippen molar-refractivity contribution in [2.24, 2.45) is 0 Å². The van der Waals surface area contributed by atoms with E-state index in [4.69, 9.17) is 14.7 Å². The Balaban J connectivity index is 1.57. The van der Waals surface area contributed by atoms with Gasteiger partial charge in [0.25, 0.3) is 0 Å². The number of unbranched alkanes of at least 4 members (excludes halogenated alkanes) is 2. The van der Waals surface area contributed by atoms with Crippen molar-refractivity contribution in [2.45, 2.75) is 64.5 Å². The number of hydrogen-bond acceptors (Lipinski definition) is 6. The van der Waals surface area contributed by atoms with Crippen molar-refractivity contribution < 1.29 is 24.3 Å². The van der Waals surface area contributed by atoms with E-state index in [2.05, 4.69) is 29.6 Å². The van der Waals surface area contributed by atoms with E-state index < -0.39 is 5.60 Å². The van der Waals surface area contributed by atoms with Gasteiger partial charge >= 0.3 is 6.09 Å². The molecule has 36 heavy (non-hydrogen) atoms. The fourth-order valence-electron chi connectivity index (χ4n) is 4.16. The molecule has 1 atom stereocenters. The van der Waals surface area contributed by atoms with E-state index in [0.717, 1.165) is 41.4 Å². The molecule has 2 amide bonds. The lowest BCUT2D eigenvalue weighted by molar-refractivity contribution is -0.129. The van der Waals surface area contributed by atoms with E-state index in [-0.39, 0.29) is 18.0 Å². The van der Waals surface area contributed by atoms with Gasteiger partial charge in [-0.25, -0.2) is 10.3 Å². The van der Waals surface area contributed by atoms with Gasteiger partial charge in [-0.2, -0.15) is 0 Å². The van der Waals surface area contributed by atoms with Gasteiger partial charge in [-0.05, 0) is 63.5 Å². The summed E-state index contributed by atoms with van der Waals surface area (Å²) in [5.74, 6) is 0.478. The lowest BCUT2D eigenvalue weighted by Crippen LogP contribution is -2.39. The average molecular weight is 498 g/mol. The van der Waals surface area contributed by atoms with Crippen LogP contribution < -0.4 is 15.5 Å². The van der Waals surface area contributed by atoms with Gasteiger partial charge in [0.05, 0.1) is 0 Å². The van der Waals surface area contributed by atoms with Crippen LogP contribution in [0.3, 0.4) is 0 Å². The molecule has 0 aliphatic carbocycles. The molecule has 0 radical (unpaired) electrons. The molecule has 2 aromatic carbocycles. The van der Waals surface area contributed by atoms with Gasteiger partial charge in [-0.3, -0.25) is 10.0 Å². The molecule has 1 aliphatic heterocycles. The molecule has 1 fully saturated rings. The van der Waals surface area contributed by atoms with Crippen LogP contribution in [0.1, 0.15) is 52.9 Å². The molecular formula is C28H39N3O5. The molecule has 196 valence electrons. The third kappa shape index (κ3) is 8.84. The highest BCUT2D eigenvalue weighted by Gasteiger charge is 2.29. The van der Waals surface area contributed by atoms with Gasteiger partial charge in [0.15, 0.2) is 0 Å². The highest BCUT2D eigenvalue weighted by molar-refractivity contribution is 5.88. The Bertz CT molecular complexity index is 1040. The van der Waals surface area contributed by atoms with E-state index >= 15 is 0 Å². The summed E-state index contributed by atoms with van der Waals surface area (Å²) in [4.78, 5) is 25.4. The van der Waals surface area contributed by atoms with Crippen molar-refractivity contribution in [3.63, 3.8) is 0 Å². The summed E-state index contributed by atoms with van der Waals surface area (Å²) in [5, 5.41) is 14.4. The Hall–Kier alpha value is -3.10. The number of hydroxylamine groups is 1. The predicted molar refractivity (Wildman–Crippen MR) is 140 cm³/mol. The summed E-state index contributed by atoms with van der Waals surface area (Å²) in [5.41, 5.74) is 2.28. The summed E-state index contributed by atoms with van der Waals surface area (Å²) in [6.45, 7) is 8.00. The number of benzene rings is 2. The van der Waals surface area contributed by atoms with E-state index in [1.807, 2.05) is 45.0 Å². The van der Waals surface area contributed by atoms with Crippen molar-refractivity contribution in [1.82, 2.24) is 15.7 Å². The van der Waals surface area contributed by atoms with Crippen LogP contribution in [0.2, 0.25) is 0 Å². The summed E-state index contributed by atoms with van der Waals surface area (Å²) >= 11 is 0. The Morgan fingerprint density at radius 1 is 1.14 bits per heavy atom. The molecule has 0 spiro atoms. The molecule has 8 heteroatoms. The molecular weight excluding hydrogens is 458 g/mol. The monoisotopic (exact) mass is 497 g/mol. The van der Waals surface area contributed by atoms with Crippen molar-refractivity contribution in [1.29, 1.82) is 0 Å². The van der Waals surface area contributed by atoms with Crippen LogP contribution >= 0.6 is 0 Å². The maximum atomic E-state index is 12.4. The number of nitrogens with one attached hydrogen (secondary N) is 2. The van der Waals surface area contributed by atoms with Crippen molar-refractivity contribution in [3.8, 4) is 5.75 Å². The molecule has 8 nitrogen and oxygen atoms in total. The largest absolute Gasteiger partial charge is 0.489 e. The summed E-state index contributed by atoms with van der Waals surface area (Å²) in [7, 11) is 0. The van der Waals surface area contributed by atoms with Crippen LogP contribution in [0.4, 0.5) is 4.79 Å². The van der Waals surface area contributed by atoms with Gasteiger partial charge in [0.2, 0.25) is 5.91 Å². The molecule has 1 unspecified atom stereocenters. The lowest BCUT2D eigenvalue weighted by Gasteiger charge is -2.24. The number of amides is 2. The van der Waals surface area contributed by atoms with E-state index in [9.17, 15) is 9.59 Å². The van der Waals surface area contributed by atoms with Crippen molar-refractivity contribution in [2.75, 3.05) is 26.2 Å². The summed E-state index contributed by atoms with van der Waals surface area (Å²) in [6.07, 6.45) is 5.40. The summed E-state index contributed by atoms with van der Waals surface area (Å²) < 4.78 is 11.7. The van der Waals surface area contributed by atoms with Gasteiger partial charge in [-0.15, -0.1) is 0 Å². The van der Waals surface area contributed by atoms with Crippen molar-refractivity contribution in [3.05, 3.63) is 54.1 Å². The normalized spacial score (nSPS) is 16.3. The van der Waals surface area contributed by atoms with Gasteiger partial charge in [0.1, 0.15) is 18.0 Å². The second-order valence-corrected chi connectivity index (χ2v) is 10.2. The van der Waals surface area contributed by atoms with Crippen LogP contribution in [0, 0.1) is 0 Å². The molecule has 2 aromatic rings. The Labute approximate surface area is 213 Å². The molecule has 1 saturated heterocycles. The minimum atomic E-state index is -0.505. The number of fused-ring (bicyclic) bond motifs is 1. The van der Waals surface area contributed by atoms with Gasteiger partial charge in [0, 0.05) is 37.5 Å². The topological polar surface area (TPSA) is 100 Å². The maximum Gasteiger partial charge on any atom is 0.410 e. The zero-order valence-corrected chi connectivity index (χ0v) is 21.6. The standard InChI is InChI=1S/C28H39N3O5/c1-28(2,3)36-27(33)31-17-16-23(19-31)29-18-21(10-5-4-6-15-26(32)30-34)20-35-25-14-9-12-22-11-7-8-13-24(22)25/h7-14,23,29,34H,4-6,15-20H2,1-3H3,(H,30,32)/b21-10+. The van der Waals surface area contributed by atoms with Crippen LogP contribution in [0.5, 0.6) is 5.75 Å². The molecule has 3 rings (SSSR count). The minimum absolute atomic E-state index is 0.187. The first-order chi connectivity index (χ1) is 17.2. The van der Waals surface area contributed by atoms with E-state index in [0.29, 0.717) is 39.1 Å². The fourth-order valence-corrected chi connectivity index (χ4v) is 4.16. The number of likely N-dealkylation sites (tertiary alicyclic amines) is 1. The zero-order valence-electron chi connectivity index (χ0n) is 21.6. The number of allylic oxidation sites excluding steroid dienone is 1. The predicted octanol–water partition coefficient (Wildman–Crippen LogP) is 4.81. The first-order valence-corrected chi connectivity index (χ1v) is 12.7. The van der Waals surface area contributed by atoms with Crippen LogP contribution in [-0.2, 0) is 9.53 Å². The zero-order chi connectivity index (χ0) is 26.0. The van der Waals surface area contributed by atoms with Crippen LogP contribution in [-0.4, -0.2) is 60.0 Å². The number of hydrogen-bond donors (Lipinski definition) is 3. The number of rotatable bonds is 11. The third-order valence-corrected chi connectivity index (χ3v) is 6.04. The fraction of sp³-hybridized carbons (Fsp3) is 0.500. The molecule has 0 saturated carbocycles. The van der Waals surface area contributed by atoms with E-state index in [1.165, 1.54) is 0 Å². The maximum absolute atomic E-state index is 12.4. The van der Waals surface area contributed by atoms with Gasteiger partial charge < -0.3 is 19.7 Å². The molecule has 0 bridgehead atoms. The Morgan fingerprint density at radius 3 is 2.69 bits per heavy atom. The average Bonchev–Trinajstić information content (AvgIpc) is 3.33. The Kier molecular flexibility index (Phi) is 10.1. The third-order valence-electron chi connectivity index (χ3n) is 6.04. The molecule has 1 aliphatic rings. The van der Waals surface area contributed by atoms with Crippen LogP contribution in [0.15, 0.2) is 54.1 Å².